The van der Waals surface area contributed by atoms with E-state index in [-0.39, 0.29) is 0 Å². The molecule has 0 aliphatic carbocycles. The van der Waals surface area contributed by atoms with Gasteiger partial charge in [0, 0.05) is 25.0 Å². The van der Waals surface area contributed by atoms with Gasteiger partial charge in [0.05, 0.1) is 11.9 Å². The first-order valence-electron chi connectivity index (χ1n) is 8.59. The quantitative estimate of drug-likeness (QED) is 0.720. The summed E-state index contributed by atoms with van der Waals surface area (Å²) in [6.45, 7) is 3.42. The molecule has 1 unspecified atom stereocenters. The number of nitrogens with zero attached hydrogens (tertiary/aromatic N) is 4. The van der Waals surface area contributed by atoms with Crippen molar-refractivity contribution in [2.45, 2.75) is 32.2 Å². The Balaban J connectivity index is 0.000000238. The second-order valence-corrected chi connectivity index (χ2v) is 5.90. The second kappa shape index (κ2) is 8.29. The molecular formula is C20H24N4. The van der Waals surface area contributed by atoms with Gasteiger partial charge in [-0.2, -0.15) is 0 Å². The second-order valence-electron chi connectivity index (χ2n) is 5.90. The van der Waals surface area contributed by atoms with Crippen LogP contribution >= 0.6 is 0 Å². The largest absolute Gasteiger partial charge is 0.367 e. The Bertz CT molecular complexity index is 666. The van der Waals surface area contributed by atoms with Gasteiger partial charge in [-0.25, -0.2) is 9.97 Å². The maximum absolute atomic E-state index is 4.52. The lowest BCUT2D eigenvalue weighted by Crippen LogP contribution is -2.28. The van der Waals surface area contributed by atoms with Gasteiger partial charge in [0.15, 0.2) is 0 Å². The van der Waals surface area contributed by atoms with Crippen molar-refractivity contribution in [2.24, 2.45) is 0 Å². The third-order valence-corrected chi connectivity index (χ3v) is 4.35. The molecule has 1 fully saturated rings. The van der Waals surface area contributed by atoms with E-state index in [0.717, 1.165) is 12.4 Å². The van der Waals surface area contributed by atoms with Crippen LogP contribution in [0, 0.1) is 0 Å². The third-order valence-electron chi connectivity index (χ3n) is 4.35. The van der Waals surface area contributed by atoms with Crippen LogP contribution in [0.2, 0.25) is 0 Å². The average Bonchev–Trinajstić information content (AvgIpc) is 3.35. The van der Waals surface area contributed by atoms with Crippen LogP contribution in [0.1, 0.15) is 26.2 Å². The monoisotopic (exact) mass is 320 g/mol. The molecule has 0 saturated carbocycles. The zero-order chi connectivity index (χ0) is 16.6. The number of hydrogen-bond acceptors (Lipinski definition) is 3. The molecule has 0 spiro atoms. The highest BCUT2D eigenvalue weighted by Gasteiger charge is 2.23. The van der Waals surface area contributed by atoms with E-state index in [1.807, 2.05) is 53.4 Å². The van der Waals surface area contributed by atoms with Crippen LogP contribution < -0.4 is 4.90 Å². The molecule has 1 aromatic carbocycles. The highest BCUT2D eigenvalue weighted by Crippen LogP contribution is 2.26. The van der Waals surface area contributed by atoms with Crippen LogP contribution in [-0.2, 0) is 0 Å². The van der Waals surface area contributed by atoms with Gasteiger partial charge in [0.25, 0.3) is 0 Å². The van der Waals surface area contributed by atoms with Gasteiger partial charge in [0.1, 0.15) is 12.1 Å². The predicted octanol–water partition coefficient (Wildman–Crippen LogP) is 4.33. The van der Waals surface area contributed by atoms with E-state index in [4.69, 9.17) is 0 Å². The summed E-state index contributed by atoms with van der Waals surface area (Å²) >= 11 is 0. The van der Waals surface area contributed by atoms with Crippen molar-refractivity contribution >= 4 is 5.69 Å². The highest BCUT2D eigenvalue weighted by molar-refractivity contribution is 5.48. The molecule has 24 heavy (non-hydrogen) atoms. The number of imidazole rings is 1. The summed E-state index contributed by atoms with van der Waals surface area (Å²) in [6.07, 6.45) is 11.2. The smallest absolute Gasteiger partial charge is 0.137 e. The Morgan fingerprint density at radius 2 is 1.83 bits per heavy atom. The van der Waals surface area contributed by atoms with E-state index in [1.54, 1.807) is 12.5 Å². The molecule has 3 heterocycles. The van der Waals surface area contributed by atoms with Gasteiger partial charge in [-0.15, -0.1) is 0 Å². The van der Waals surface area contributed by atoms with Gasteiger partial charge in [-0.3, -0.25) is 4.57 Å². The topological polar surface area (TPSA) is 34.0 Å². The molecule has 1 saturated heterocycles. The summed E-state index contributed by atoms with van der Waals surface area (Å²) in [5, 5.41) is 0. The fraction of sp³-hybridized carbons (Fsp3) is 0.300. The summed E-state index contributed by atoms with van der Waals surface area (Å²) < 4.78 is 1.92. The van der Waals surface area contributed by atoms with Gasteiger partial charge < -0.3 is 4.90 Å². The lowest BCUT2D eigenvalue weighted by molar-refractivity contribution is 0.645. The number of hydrogen-bond donors (Lipinski definition) is 0. The fourth-order valence-electron chi connectivity index (χ4n) is 3.08. The summed E-state index contributed by atoms with van der Waals surface area (Å²) in [4.78, 5) is 11.0. The van der Waals surface area contributed by atoms with Crippen molar-refractivity contribution in [3.63, 3.8) is 0 Å². The molecule has 1 atom stereocenters. The van der Waals surface area contributed by atoms with Crippen LogP contribution in [0.15, 0.2) is 73.4 Å². The Labute approximate surface area is 143 Å². The molecule has 2 aromatic heterocycles. The van der Waals surface area contributed by atoms with Crippen LogP contribution in [0.4, 0.5) is 5.69 Å². The van der Waals surface area contributed by atoms with E-state index < -0.39 is 0 Å². The van der Waals surface area contributed by atoms with Gasteiger partial charge in [-0.05, 0) is 31.4 Å². The first kappa shape index (κ1) is 16.2. The summed E-state index contributed by atoms with van der Waals surface area (Å²) in [5.41, 5.74) is 1.24. The van der Waals surface area contributed by atoms with Crippen molar-refractivity contribution in [3.8, 4) is 5.82 Å². The fourth-order valence-corrected chi connectivity index (χ4v) is 3.08. The van der Waals surface area contributed by atoms with Gasteiger partial charge >= 0.3 is 0 Å². The number of rotatable bonds is 3. The van der Waals surface area contributed by atoms with Crippen molar-refractivity contribution in [2.75, 3.05) is 11.4 Å². The third kappa shape index (κ3) is 4.02. The van der Waals surface area contributed by atoms with Crippen molar-refractivity contribution in [3.05, 3.63) is 73.4 Å². The molecule has 124 valence electrons. The van der Waals surface area contributed by atoms with Crippen molar-refractivity contribution < 1.29 is 0 Å². The maximum Gasteiger partial charge on any atom is 0.137 e. The maximum atomic E-state index is 4.52. The predicted molar refractivity (Wildman–Crippen MR) is 98.5 cm³/mol. The zero-order valence-corrected chi connectivity index (χ0v) is 14.1. The van der Waals surface area contributed by atoms with Crippen molar-refractivity contribution in [1.82, 2.24) is 14.5 Å². The Kier molecular flexibility index (Phi) is 5.61. The molecule has 4 rings (SSSR count). The Hall–Kier alpha value is -2.62. The summed E-state index contributed by atoms with van der Waals surface area (Å²) in [7, 11) is 0. The molecule has 1 aliphatic rings. The van der Waals surface area contributed by atoms with E-state index in [0.29, 0.717) is 6.04 Å². The first-order valence-corrected chi connectivity index (χ1v) is 8.59. The lowest BCUT2D eigenvalue weighted by Gasteiger charge is -2.25. The van der Waals surface area contributed by atoms with Crippen molar-refractivity contribution in [1.29, 1.82) is 0 Å². The Morgan fingerprint density at radius 1 is 1.08 bits per heavy atom. The van der Waals surface area contributed by atoms with E-state index in [2.05, 4.69) is 33.9 Å². The minimum atomic E-state index is 0.686. The molecule has 3 aromatic rings. The standard InChI is InChI=1S/C14H18N4.C6H6/c1-2-12-4-3-8-18(12)13-5-6-14(16-10-13)17-9-7-15-11-17;1-2-4-6-5-3-1/h5-7,9-12H,2-4,8H2,1H3;1-6H. The van der Waals surface area contributed by atoms with Crippen LogP contribution in [-0.4, -0.2) is 27.1 Å². The Morgan fingerprint density at radius 3 is 2.38 bits per heavy atom. The minimum absolute atomic E-state index is 0.686. The number of benzene rings is 1. The first-order chi connectivity index (χ1) is 11.9. The SMILES string of the molecule is CCC1CCCN1c1ccc(-n2ccnc2)nc1.c1ccccc1. The highest BCUT2D eigenvalue weighted by atomic mass is 15.2. The number of anilines is 1. The minimum Gasteiger partial charge on any atom is -0.367 e. The molecule has 4 heteroatoms. The van der Waals surface area contributed by atoms with E-state index in [1.165, 1.54) is 24.9 Å². The van der Waals surface area contributed by atoms with Gasteiger partial charge in [-0.1, -0.05) is 43.3 Å². The van der Waals surface area contributed by atoms with Gasteiger partial charge in [0.2, 0.25) is 0 Å². The van der Waals surface area contributed by atoms with Crippen LogP contribution in [0.3, 0.4) is 0 Å². The lowest BCUT2D eigenvalue weighted by atomic mass is 10.1. The molecular weight excluding hydrogens is 296 g/mol. The molecule has 0 amide bonds. The zero-order valence-electron chi connectivity index (χ0n) is 14.1. The molecule has 1 aliphatic heterocycles. The van der Waals surface area contributed by atoms with Crippen LogP contribution in [0.5, 0.6) is 0 Å². The van der Waals surface area contributed by atoms with E-state index >= 15 is 0 Å². The average molecular weight is 320 g/mol. The number of pyridine rings is 1. The molecule has 0 bridgehead atoms. The normalized spacial score (nSPS) is 16.5. The molecule has 0 N–H and O–H groups in total. The summed E-state index contributed by atoms with van der Waals surface area (Å²) in [5.74, 6) is 0.920. The van der Waals surface area contributed by atoms with Crippen LogP contribution in [0.25, 0.3) is 5.82 Å². The summed E-state index contributed by atoms with van der Waals surface area (Å²) in [6, 6.07) is 16.9. The van der Waals surface area contributed by atoms with E-state index in [9.17, 15) is 0 Å². The number of aromatic nitrogens is 3. The molecule has 0 radical (unpaired) electrons. The molecule has 4 nitrogen and oxygen atoms in total.